The maximum Gasteiger partial charge on any atom is 0.356 e. The Labute approximate surface area is 182 Å². The van der Waals surface area contributed by atoms with Crippen molar-refractivity contribution < 1.29 is 32.5 Å². The Morgan fingerprint density at radius 1 is 1.09 bits per heavy atom. The van der Waals surface area contributed by atoms with Crippen LogP contribution in [0.1, 0.15) is 23.0 Å². The van der Waals surface area contributed by atoms with Crippen LogP contribution >= 0.6 is 0 Å². The van der Waals surface area contributed by atoms with Gasteiger partial charge in [-0.3, -0.25) is 4.68 Å². The zero-order valence-corrected chi connectivity index (χ0v) is 17.8. The Bertz CT molecular complexity index is 1080. The van der Waals surface area contributed by atoms with Crippen molar-refractivity contribution in [1.29, 1.82) is 0 Å². The lowest BCUT2D eigenvalue weighted by atomic mass is 10.1. The third-order valence-corrected chi connectivity index (χ3v) is 4.28. The molecule has 0 aliphatic rings. The standard InChI is InChI=1S/C20H21F2N5O5/c1-5-31-19(28)13-6-16(26-27(13)2)25-20-23-8-11(9-24-20)32-10-12-17(21)14(29-3)7-15(30-4)18(12)22/h6-9H,5,10H2,1-4H3,(H,23,24,25,26). The first-order valence-electron chi connectivity index (χ1n) is 9.39. The number of nitrogens with zero attached hydrogens (tertiary/aromatic N) is 4. The number of ether oxygens (including phenoxy) is 4. The van der Waals surface area contributed by atoms with E-state index in [0.29, 0.717) is 5.82 Å². The number of halogens is 2. The summed E-state index contributed by atoms with van der Waals surface area (Å²) in [5.74, 6) is -1.96. The van der Waals surface area contributed by atoms with Crippen LogP contribution in [0.25, 0.3) is 0 Å². The molecule has 10 nitrogen and oxygen atoms in total. The Morgan fingerprint density at radius 3 is 2.28 bits per heavy atom. The summed E-state index contributed by atoms with van der Waals surface area (Å²) >= 11 is 0. The van der Waals surface area contributed by atoms with Crippen molar-refractivity contribution in [2.24, 2.45) is 7.05 Å². The highest BCUT2D eigenvalue weighted by molar-refractivity contribution is 5.88. The van der Waals surface area contributed by atoms with Crippen LogP contribution in [-0.4, -0.2) is 46.5 Å². The summed E-state index contributed by atoms with van der Waals surface area (Å²) in [7, 11) is 4.12. The Balaban J connectivity index is 1.69. The average Bonchev–Trinajstić information content (AvgIpc) is 3.15. The molecule has 0 unspecified atom stereocenters. The summed E-state index contributed by atoms with van der Waals surface area (Å²) in [6.07, 6.45) is 2.63. The molecule has 0 saturated heterocycles. The van der Waals surface area contributed by atoms with Crippen molar-refractivity contribution >= 4 is 17.7 Å². The van der Waals surface area contributed by atoms with Crippen molar-refractivity contribution in [3.63, 3.8) is 0 Å². The quantitative estimate of drug-likeness (QED) is 0.493. The highest BCUT2D eigenvalue weighted by Crippen LogP contribution is 2.32. The van der Waals surface area contributed by atoms with E-state index in [1.807, 2.05) is 0 Å². The van der Waals surface area contributed by atoms with E-state index in [0.717, 1.165) is 6.07 Å². The second-order valence-electron chi connectivity index (χ2n) is 6.30. The average molecular weight is 449 g/mol. The van der Waals surface area contributed by atoms with Gasteiger partial charge in [-0.05, 0) is 6.92 Å². The molecule has 170 valence electrons. The summed E-state index contributed by atoms with van der Waals surface area (Å²) in [5, 5.41) is 6.99. The predicted octanol–water partition coefficient (Wildman–Crippen LogP) is 3.00. The van der Waals surface area contributed by atoms with E-state index in [9.17, 15) is 13.6 Å². The van der Waals surface area contributed by atoms with Gasteiger partial charge < -0.3 is 24.3 Å². The highest BCUT2D eigenvalue weighted by Gasteiger charge is 2.21. The number of hydrogen-bond donors (Lipinski definition) is 1. The monoisotopic (exact) mass is 449 g/mol. The maximum atomic E-state index is 14.4. The zero-order valence-electron chi connectivity index (χ0n) is 17.8. The fourth-order valence-corrected chi connectivity index (χ4v) is 2.71. The highest BCUT2D eigenvalue weighted by atomic mass is 19.1. The number of carbonyl (C=O) groups is 1. The van der Waals surface area contributed by atoms with Crippen LogP contribution in [0.5, 0.6) is 17.2 Å². The van der Waals surface area contributed by atoms with Gasteiger partial charge in [0.15, 0.2) is 34.7 Å². The maximum absolute atomic E-state index is 14.4. The van der Waals surface area contributed by atoms with Crippen LogP contribution < -0.4 is 19.5 Å². The Morgan fingerprint density at radius 2 is 1.72 bits per heavy atom. The topological polar surface area (TPSA) is 110 Å². The molecule has 32 heavy (non-hydrogen) atoms. The van der Waals surface area contributed by atoms with Gasteiger partial charge in [-0.15, -0.1) is 0 Å². The van der Waals surface area contributed by atoms with Gasteiger partial charge in [-0.2, -0.15) is 5.10 Å². The number of aromatic nitrogens is 4. The van der Waals surface area contributed by atoms with Crippen molar-refractivity contribution in [1.82, 2.24) is 19.7 Å². The molecule has 0 bridgehead atoms. The van der Waals surface area contributed by atoms with Crippen LogP contribution in [0.4, 0.5) is 20.5 Å². The Hall–Kier alpha value is -3.96. The molecule has 3 aromatic rings. The van der Waals surface area contributed by atoms with E-state index >= 15 is 0 Å². The number of esters is 1. The number of hydrogen-bond acceptors (Lipinski definition) is 9. The number of methoxy groups -OCH3 is 2. The van der Waals surface area contributed by atoms with Crippen molar-refractivity contribution in [3.05, 3.63) is 47.4 Å². The van der Waals surface area contributed by atoms with Gasteiger partial charge in [0.1, 0.15) is 12.3 Å². The van der Waals surface area contributed by atoms with E-state index < -0.39 is 24.2 Å². The lowest BCUT2D eigenvalue weighted by Gasteiger charge is -2.13. The number of benzene rings is 1. The molecule has 0 radical (unpaired) electrons. The minimum atomic E-state index is -0.891. The van der Waals surface area contributed by atoms with Gasteiger partial charge >= 0.3 is 5.97 Å². The van der Waals surface area contributed by atoms with Gasteiger partial charge in [0.25, 0.3) is 0 Å². The first-order chi connectivity index (χ1) is 15.4. The minimum Gasteiger partial charge on any atom is -0.494 e. The summed E-state index contributed by atoms with van der Waals surface area (Å²) in [6.45, 7) is 1.51. The van der Waals surface area contributed by atoms with E-state index in [4.69, 9.17) is 18.9 Å². The molecule has 1 N–H and O–H groups in total. The molecule has 3 rings (SSSR count). The third kappa shape index (κ3) is 4.85. The Kier molecular flexibility index (Phi) is 7.03. The molecular formula is C20H21F2N5O5. The molecule has 0 aliphatic heterocycles. The first kappa shape index (κ1) is 22.7. The van der Waals surface area contributed by atoms with Crippen LogP contribution in [-0.2, 0) is 18.4 Å². The third-order valence-electron chi connectivity index (χ3n) is 4.28. The zero-order chi connectivity index (χ0) is 23.3. The van der Waals surface area contributed by atoms with E-state index in [-0.39, 0.29) is 41.1 Å². The smallest absolute Gasteiger partial charge is 0.356 e. The number of nitrogens with one attached hydrogen (secondary N) is 1. The van der Waals surface area contributed by atoms with Crippen molar-refractivity contribution in [3.8, 4) is 17.2 Å². The van der Waals surface area contributed by atoms with Gasteiger partial charge in [0.2, 0.25) is 5.95 Å². The fourth-order valence-electron chi connectivity index (χ4n) is 2.71. The fraction of sp³-hybridized carbons (Fsp3) is 0.300. The molecule has 12 heteroatoms. The summed E-state index contributed by atoms with van der Waals surface area (Å²) in [4.78, 5) is 20.0. The summed E-state index contributed by atoms with van der Waals surface area (Å²) in [5.41, 5.74) is -0.101. The normalized spacial score (nSPS) is 10.6. The molecule has 2 heterocycles. The number of carbonyl (C=O) groups excluding carboxylic acids is 1. The second-order valence-corrected chi connectivity index (χ2v) is 6.30. The van der Waals surface area contributed by atoms with Gasteiger partial charge in [-0.1, -0.05) is 0 Å². The second kappa shape index (κ2) is 9.90. The molecule has 0 fully saturated rings. The SMILES string of the molecule is CCOC(=O)c1cc(Nc2ncc(OCc3c(F)c(OC)cc(OC)c3F)cn2)nn1C. The van der Waals surface area contributed by atoms with Crippen LogP contribution in [0, 0.1) is 11.6 Å². The lowest BCUT2D eigenvalue weighted by Crippen LogP contribution is -2.10. The molecule has 0 aliphatic carbocycles. The van der Waals surface area contributed by atoms with E-state index in [2.05, 4.69) is 20.4 Å². The molecule has 1 aromatic carbocycles. The lowest BCUT2D eigenvalue weighted by molar-refractivity contribution is 0.0513. The van der Waals surface area contributed by atoms with Crippen LogP contribution in [0.3, 0.4) is 0 Å². The summed E-state index contributed by atoms with van der Waals surface area (Å²) < 4.78 is 50.4. The molecule has 2 aromatic heterocycles. The van der Waals surface area contributed by atoms with Gasteiger partial charge in [-0.25, -0.2) is 23.5 Å². The number of anilines is 2. The van der Waals surface area contributed by atoms with Crippen LogP contribution in [0.2, 0.25) is 0 Å². The van der Waals surface area contributed by atoms with E-state index in [1.54, 1.807) is 14.0 Å². The molecule has 0 spiro atoms. The largest absolute Gasteiger partial charge is 0.494 e. The van der Waals surface area contributed by atoms with Gasteiger partial charge in [0, 0.05) is 19.2 Å². The van der Waals surface area contributed by atoms with Crippen molar-refractivity contribution in [2.75, 3.05) is 26.1 Å². The molecule has 0 saturated carbocycles. The molecule has 0 atom stereocenters. The van der Waals surface area contributed by atoms with Crippen LogP contribution in [0.15, 0.2) is 24.5 Å². The van der Waals surface area contributed by atoms with Crippen molar-refractivity contribution in [2.45, 2.75) is 13.5 Å². The number of aryl methyl sites for hydroxylation is 1. The minimum absolute atomic E-state index is 0.171. The molecule has 0 amide bonds. The molecular weight excluding hydrogens is 428 g/mol. The predicted molar refractivity (Wildman–Crippen MR) is 108 cm³/mol. The van der Waals surface area contributed by atoms with Gasteiger partial charge in [0.05, 0.1) is 38.8 Å². The number of rotatable bonds is 9. The van der Waals surface area contributed by atoms with E-state index in [1.165, 1.54) is 37.4 Å². The first-order valence-corrected chi connectivity index (χ1v) is 9.39. The summed E-state index contributed by atoms with van der Waals surface area (Å²) in [6, 6.07) is 2.61.